The Bertz CT molecular complexity index is 1660. The normalized spacial score (nSPS) is 11.6. The van der Waals surface area contributed by atoms with Gasteiger partial charge in [0.1, 0.15) is 0 Å². The van der Waals surface area contributed by atoms with Crippen molar-refractivity contribution in [3.8, 4) is 0 Å². The second kappa shape index (κ2) is 10.9. The molecule has 0 heterocycles. The molecule has 0 saturated heterocycles. The predicted octanol–water partition coefficient (Wildman–Crippen LogP) is 5.53. The fraction of sp³-hybridized carbons (Fsp3) is 0.0741. The fourth-order valence-electron chi connectivity index (χ4n) is 3.48. The average molecular weight is 570 g/mol. The molecule has 8 nitrogen and oxygen atoms in total. The van der Waals surface area contributed by atoms with Gasteiger partial charge in [-0.2, -0.15) is 0 Å². The van der Waals surface area contributed by atoms with E-state index in [0.29, 0.717) is 27.6 Å². The number of nitrogens with zero attached hydrogens (tertiary/aromatic N) is 1. The van der Waals surface area contributed by atoms with Gasteiger partial charge in [0.2, 0.25) is 0 Å². The molecular weight excluding hydrogens is 546 g/mol. The summed E-state index contributed by atoms with van der Waals surface area (Å²) < 4.78 is 54.7. The van der Waals surface area contributed by atoms with E-state index < -0.39 is 26.0 Å². The third-order valence-electron chi connectivity index (χ3n) is 5.69. The number of nitrogens with one attached hydrogen (secondary N) is 2. The molecule has 11 heteroatoms. The molecule has 0 aliphatic carbocycles. The van der Waals surface area contributed by atoms with Crippen molar-refractivity contribution in [1.29, 1.82) is 0 Å². The Balaban J connectivity index is 1.42. The first-order valence-electron chi connectivity index (χ1n) is 11.3. The van der Waals surface area contributed by atoms with E-state index in [1.54, 1.807) is 60.7 Å². The number of anilines is 3. The molecule has 4 aromatic carbocycles. The second-order valence-corrected chi connectivity index (χ2v) is 12.5. The Labute approximate surface area is 227 Å². The van der Waals surface area contributed by atoms with Gasteiger partial charge in [0.15, 0.2) is 0 Å². The van der Waals surface area contributed by atoms with Crippen molar-refractivity contribution in [2.24, 2.45) is 0 Å². The van der Waals surface area contributed by atoms with Crippen LogP contribution < -0.4 is 14.3 Å². The van der Waals surface area contributed by atoms with Crippen molar-refractivity contribution < 1.29 is 21.6 Å². The monoisotopic (exact) mass is 569 g/mol. The second-order valence-electron chi connectivity index (χ2n) is 8.42. The molecule has 38 heavy (non-hydrogen) atoms. The van der Waals surface area contributed by atoms with E-state index >= 15 is 0 Å². The summed E-state index contributed by atoms with van der Waals surface area (Å²) in [5, 5.41) is 3.19. The Morgan fingerprint density at radius 3 is 1.82 bits per heavy atom. The first kappa shape index (κ1) is 27.2. The van der Waals surface area contributed by atoms with Gasteiger partial charge in [-0.3, -0.25) is 13.8 Å². The number of rotatable bonds is 8. The van der Waals surface area contributed by atoms with Crippen LogP contribution in [0.25, 0.3) is 0 Å². The molecule has 4 aromatic rings. The zero-order valence-corrected chi connectivity index (χ0v) is 22.8. The topological polar surface area (TPSA) is 113 Å². The van der Waals surface area contributed by atoms with Crippen molar-refractivity contribution in [3.63, 3.8) is 0 Å². The van der Waals surface area contributed by atoms with E-state index in [0.717, 1.165) is 9.87 Å². The van der Waals surface area contributed by atoms with E-state index in [4.69, 9.17) is 11.6 Å². The highest BCUT2D eigenvalue weighted by atomic mass is 35.5. The van der Waals surface area contributed by atoms with Gasteiger partial charge in [0.25, 0.3) is 26.0 Å². The highest BCUT2D eigenvalue weighted by Crippen LogP contribution is 2.24. The molecule has 0 atom stereocenters. The van der Waals surface area contributed by atoms with Crippen LogP contribution in [0.2, 0.25) is 5.02 Å². The summed E-state index contributed by atoms with van der Waals surface area (Å²) in [6.07, 6.45) is 0. The maximum atomic E-state index is 12.9. The van der Waals surface area contributed by atoms with Crippen molar-refractivity contribution >= 4 is 54.6 Å². The third kappa shape index (κ3) is 6.16. The molecule has 0 saturated carbocycles. The highest BCUT2D eigenvalue weighted by Gasteiger charge is 2.21. The molecule has 0 unspecified atom stereocenters. The van der Waals surface area contributed by atoms with E-state index in [2.05, 4.69) is 10.0 Å². The number of carbonyl (C=O) groups is 1. The largest absolute Gasteiger partial charge is 0.322 e. The molecular formula is C27H24ClN3O5S2. The standard InChI is InChI=1S/C27H24ClN3O5S2/c1-19-3-15-26(16-4-19)38(35,36)31(2)24-13-5-20(6-14-24)27(32)29-22-11-17-25(18-12-22)37(33,34)30-23-9-7-21(28)8-10-23/h3-18,30H,1-2H3,(H,29,32). The third-order valence-corrected chi connectivity index (χ3v) is 9.14. The summed E-state index contributed by atoms with van der Waals surface area (Å²) in [6.45, 7) is 1.88. The van der Waals surface area contributed by atoms with Crippen LogP contribution in [0.15, 0.2) is 107 Å². The molecule has 1 amide bonds. The first-order valence-corrected chi connectivity index (χ1v) is 14.6. The molecule has 2 N–H and O–H groups in total. The Kier molecular flexibility index (Phi) is 7.77. The molecule has 0 spiro atoms. The number of benzene rings is 4. The fourth-order valence-corrected chi connectivity index (χ4v) is 5.86. The van der Waals surface area contributed by atoms with Crippen LogP contribution in [0.3, 0.4) is 0 Å². The highest BCUT2D eigenvalue weighted by molar-refractivity contribution is 7.93. The maximum Gasteiger partial charge on any atom is 0.264 e. The number of hydrogen-bond acceptors (Lipinski definition) is 5. The van der Waals surface area contributed by atoms with Gasteiger partial charge >= 0.3 is 0 Å². The van der Waals surface area contributed by atoms with Gasteiger partial charge in [-0.05, 0) is 91.9 Å². The van der Waals surface area contributed by atoms with Crippen LogP contribution in [0.1, 0.15) is 15.9 Å². The molecule has 0 aliphatic heterocycles. The van der Waals surface area contributed by atoms with Crippen molar-refractivity contribution in [1.82, 2.24) is 0 Å². The molecule has 196 valence electrons. The minimum Gasteiger partial charge on any atom is -0.322 e. The number of sulfonamides is 2. The van der Waals surface area contributed by atoms with E-state index in [1.807, 2.05) is 6.92 Å². The number of amides is 1. The van der Waals surface area contributed by atoms with Crippen LogP contribution in [0, 0.1) is 6.92 Å². The maximum absolute atomic E-state index is 12.9. The first-order chi connectivity index (χ1) is 18.0. The van der Waals surface area contributed by atoms with Crippen LogP contribution in [-0.4, -0.2) is 29.8 Å². The SMILES string of the molecule is Cc1ccc(S(=O)(=O)N(C)c2ccc(C(=O)Nc3ccc(S(=O)(=O)Nc4ccc(Cl)cc4)cc3)cc2)cc1. The van der Waals surface area contributed by atoms with E-state index in [-0.39, 0.29) is 9.79 Å². The van der Waals surface area contributed by atoms with E-state index in [1.165, 1.54) is 43.4 Å². The summed E-state index contributed by atoms with van der Waals surface area (Å²) in [7, 11) is -6.14. The van der Waals surface area contributed by atoms with Gasteiger partial charge in [-0.15, -0.1) is 0 Å². The van der Waals surface area contributed by atoms with Gasteiger partial charge in [-0.1, -0.05) is 29.3 Å². The lowest BCUT2D eigenvalue weighted by Gasteiger charge is -2.20. The van der Waals surface area contributed by atoms with Crippen LogP contribution >= 0.6 is 11.6 Å². The van der Waals surface area contributed by atoms with Gasteiger partial charge in [0, 0.05) is 29.0 Å². The van der Waals surface area contributed by atoms with Crippen molar-refractivity contribution in [2.75, 3.05) is 21.4 Å². The molecule has 4 rings (SSSR count). The summed E-state index contributed by atoms with van der Waals surface area (Å²) in [6, 6.07) is 24.6. The van der Waals surface area contributed by atoms with Crippen molar-refractivity contribution in [2.45, 2.75) is 16.7 Å². The van der Waals surface area contributed by atoms with E-state index in [9.17, 15) is 21.6 Å². The number of hydrogen-bond donors (Lipinski definition) is 2. The Hall–Kier alpha value is -3.86. The summed E-state index contributed by atoms with van der Waals surface area (Å²) in [5.74, 6) is -0.435. The minimum atomic E-state index is -3.83. The molecule has 0 aliphatic rings. The lowest BCUT2D eigenvalue weighted by atomic mass is 10.2. The lowest BCUT2D eigenvalue weighted by Crippen LogP contribution is -2.26. The van der Waals surface area contributed by atoms with Crippen LogP contribution in [0.4, 0.5) is 17.1 Å². The smallest absolute Gasteiger partial charge is 0.264 e. The predicted molar refractivity (Wildman–Crippen MR) is 150 cm³/mol. The zero-order chi connectivity index (χ0) is 27.5. The zero-order valence-electron chi connectivity index (χ0n) is 20.4. The summed E-state index contributed by atoms with van der Waals surface area (Å²) in [5.41, 5.74) is 2.41. The molecule has 0 fully saturated rings. The quantitative estimate of drug-likeness (QED) is 0.290. The molecule has 0 bridgehead atoms. The van der Waals surface area contributed by atoms with Crippen molar-refractivity contribution in [3.05, 3.63) is 113 Å². The van der Waals surface area contributed by atoms with Gasteiger partial charge < -0.3 is 5.32 Å². The van der Waals surface area contributed by atoms with Gasteiger partial charge in [0.05, 0.1) is 15.5 Å². The average Bonchev–Trinajstić information content (AvgIpc) is 2.90. The molecule has 0 radical (unpaired) electrons. The van der Waals surface area contributed by atoms with Crippen LogP contribution in [-0.2, 0) is 20.0 Å². The summed E-state index contributed by atoms with van der Waals surface area (Å²) >= 11 is 5.83. The number of aryl methyl sites for hydroxylation is 1. The Morgan fingerprint density at radius 2 is 1.24 bits per heavy atom. The minimum absolute atomic E-state index is 0.0209. The Morgan fingerprint density at radius 1 is 0.711 bits per heavy atom. The van der Waals surface area contributed by atoms with Crippen LogP contribution in [0.5, 0.6) is 0 Å². The number of carbonyl (C=O) groups excluding carboxylic acids is 1. The lowest BCUT2D eigenvalue weighted by molar-refractivity contribution is 0.102. The molecule has 0 aromatic heterocycles. The van der Waals surface area contributed by atoms with Gasteiger partial charge in [-0.25, -0.2) is 16.8 Å². The number of halogens is 1. The summed E-state index contributed by atoms with van der Waals surface area (Å²) in [4.78, 5) is 12.9.